The van der Waals surface area contributed by atoms with Crippen molar-refractivity contribution in [2.45, 2.75) is 45.1 Å². The largest absolute Gasteiger partial charge is 0.351 e. The van der Waals surface area contributed by atoms with Gasteiger partial charge in [-0.2, -0.15) is 0 Å². The molecule has 1 aromatic carbocycles. The number of benzene rings is 1. The average Bonchev–Trinajstić information content (AvgIpc) is 3.50. The summed E-state index contributed by atoms with van der Waals surface area (Å²) in [6, 6.07) is 10.0. The zero-order valence-electron chi connectivity index (χ0n) is 17.5. The van der Waals surface area contributed by atoms with Gasteiger partial charge in [-0.15, -0.1) is 0 Å². The van der Waals surface area contributed by atoms with Crippen molar-refractivity contribution in [3.05, 3.63) is 53.4 Å². The minimum atomic E-state index is -0.101. The predicted molar refractivity (Wildman–Crippen MR) is 112 cm³/mol. The zero-order chi connectivity index (χ0) is 20.7. The van der Waals surface area contributed by atoms with E-state index in [1.54, 1.807) is 6.07 Å². The van der Waals surface area contributed by atoms with Crippen LogP contribution in [0.3, 0.4) is 0 Å². The number of carbonyl (C=O) groups excluding carboxylic acids is 2. The van der Waals surface area contributed by atoms with Crippen LogP contribution in [0.1, 0.15) is 59.8 Å². The van der Waals surface area contributed by atoms with Gasteiger partial charge in [-0.05, 0) is 30.9 Å². The van der Waals surface area contributed by atoms with Crippen molar-refractivity contribution in [3.8, 4) is 0 Å². The van der Waals surface area contributed by atoms with Crippen LogP contribution >= 0.6 is 0 Å². The van der Waals surface area contributed by atoms with Gasteiger partial charge in [0.25, 0.3) is 5.91 Å². The summed E-state index contributed by atoms with van der Waals surface area (Å²) in [7, 11) is 0. The molecule has 2 amide bonds. The highest BCUT2D eigenvalue weighted by atomic mass is 16.5. The molecule has 3 atom stereocenters. The molecule has 0 N–H and O–H groups in total. The topological polar surface area (TPSA) is 66.7 Å². The maximum atomic E-state index is 13.6. The molecule has 5 rings (SSSR count). The first-order valence-electron chi connectivity index (χ1n) is 11.2. The average molecular weight is 408 g/mol. The Labute approximate surface area is 177 Å². The van der Waals surface area contributed by atoms with Gasteiger partial charge < -0.3 is 14.3 Å². The number of rotatable bonds is 3. The van der Waals surface area contributed by atoms with Gasteiger partial charge in [0.2, 0.25) is 11.7 Å². The van der Waals surface area contributed by atoms with Crippen molar-refractivity contribution in [2.24, 2.45) is 17.8 Å². The van der Waals surface area contributed by atoms with E-state index in [9.17, 15) is 9.59 Å². The lowest BCUT2D eigenvalue weighted by atomic mass is 9.86. The number of nitrogens with zero attached hydrogens (tertiary/aromatic N) is 3. The van der Waals surface area contributed by atoms with Crippen LogP contribution in [0.15, 0.2) is 41.1 Å². The van der Waals surface area contributed by atoms with E-state index in [4.69, 9.17) is 4.52 Å². The third kappa shape index (κ3) is 3.32. The predicted octanol–water partition coefficient (Wildman–Crippen LogP) is 3.84. The molecule has 1 saturated carbocycles. The maximum Gasteiger partial charge on any atom is 0.292 e. The molecule has 0 radical (unpaired) electrons. The van der Waals surface area contributed by atoms with Crippen LogP contribution in [-0.2, 0) is 4.79 Å². The highest BCUT2D eigenvalue weighted by Gasteiger charge is 2.51. The fourth-order valence-corrected chi connectivity index (χ4v) is 5.82. The molecule has 3 aliphatic rings. The molecule has 30 heavy (non-hydrogen) atoms. The summed E-state index contributed by atoms with van der Waals surface area (Å²) in [5.41, 5.74) is 2.44. The van der Waals surface area contributed by atoms with E-state index in [0.29, 0.717) is 24.9 Å². The lowest BCUT2D eigenvalue weighted by Crippen LogP contribution is -2.40. The summed E-state index contributed by atoms with van der Waals surface area (Å²) in [5.74, 6) is 1.23. The standard InChI is InChI=1S/C24H29N3O3/c1-16-7-5-6-10-19(16)22-20-15-26(24(29)21-11-12-25-30-21)13-18(20)14-27(22)23(28)17-8-3-2-4-9-17/h5-7,10-12,17-18,20,22H,2-4,8-9,13-15H2,1H3/t18-,20-,22-/m0/s1. The Hall–Kier alpha value is -2.63. The summed E-state index contributed by atoms with van der Waals surface area (Å²) in [6.45, 7) is 4.18. The van der Waals surface area contributed by atoms with Crippen molar-refractivity contribution >= 4 is 11.8 Å². The number of hydrogen-bond acceptors (Lipinski definition) is 4. The van der Waals surface area contributed by atoms with Crippen LogP contribution in [0.2, 0.25) is 0 Å². The van der Waals surface area contributed by atoms with Gasteiger partial charge in [-0.3, -0.25) is 9.59 Å². The van der Waals surface area contributed by atoms with Gasteiger partial charge >= 0.3 is 0 Å². The second-order valence-corrected chi connectivity index (χ2v) is 9.14. The second-order valence-electron chi connectivity index (χ2n) is 9.14. The Morgan fingerprint density at radius 3 is 2.57 bits per heavy atom. The number of aryl methyl sites for hydroxylation is 1. The Kier molecular flexibility index (Phi) is 5.09. The molecule has 6 nitrogen and oxygen atoms in total. The van der Waals surface area contributed by atoms with Crippen LogP contribution in [0, 0.1) is 24.7 Å². The molecule has 3 fully saturated rings. The van der Waals surface area contributed by atoms with Gasteiger partial charge in [0.15, 0.2) is 0 Å². The van der Waals surface area contributed by atoms with E-state index in [2.05, 4.69) is 35.2 Å². The summed E-state index contributed by atoms with van der Waals surface area (Å²) in [5, 5.41) is 3.67. The maximum absolute atomic E-state index is 13.6. The van der Waals surface area contributed by atoms with Crippen molar-refractivity contribution in [3.63, 3.8) is 0 Å². The van der Waals surface area contributed by atoms with Gasteiger partial charge in [-0.1, -0.05) is 48.7 Å². The molecule has 6 heteroatoms. The van der Waals surface area contributed by atoms with Crippen LogP contribution in [0.4, 0.5) is 0 Å². The summed E-state index contributed by atoms with van der Waals surface area (Å²) in [4.78, 5) is 30.4. The van der Waals surface area contributed by atoms with Gasteiger partial charge in [0.1, 0.15) is 0 Å². The third-order valence-electron chi connectivity index (χ3n) is 7.34. The second kappa shape index (κ2) is 7.89. The molecule has 0 bridgehead atoms. The summed E-state index contributed by atoms with van der Waals surface area (Å²) < 4.78 is 5.09. The van der Waals surface area contributed by atoms with Gasteiger partial charge in [0, 0.05) is 43.5 Å². The van der Waals surface area contributed by atoms with E-state index in [1.165, 1.54) is 23.7 Å². The fourth-order valence-electron chi connectivity index (χ4n) is 5.82. The summed E-state index contributed by atoms with van der Waals surface area (Å²) >= 11 is 0. The molecule has 1 aliphatic carbocycles. The first kappa shape index (κ1) is 19.3. The van der Waals surface area contributed by atoms with E-state index in [0.717, 1.165) is 32.2 Å². The van der Waals surface area contributed by atoms with Crippen molar-refractivity contribution in [1.29, 1.82) is 0 Å². The minimum Gasteiger partial charge on any atom is -0.351 e. The molecule has 1 aromatic heterocycles. The molecular weight excluding hydrogens is 378 g/mol. The Morgan fingerprint density at radius 1 is 1.03 bits per heavy atom. The highest BCUT2D eigenvalue weighted by Crippen LogP contribution is 2.47. The molecule has 2 aromatic rings. The monoisotopic (exact) mass is 407 g/mol. The highest BCUT2D eigenvalue weighted by molar-refractivity contribution is 5.91. The first-order chi connectivity index (χ1) is 14.6. The molecule has 0 unspecified atom stereocenters. The first-order valence-corrected chi connectivity index (χ1v) is 11.2. The number of amides is 2. The zero-order valence-corrected chi connectivity index (χ0v) is 17.5. The van der Waals surface area contributed by atoms with Gasteiger partial charge in [-0.25, -0.2) is 0 Å². The summed E-state index contributed by atoms with van der Waals surface area (Å²) in [6.07, 6.45) is 7.10. The fraction of sp³-hybridized carbons (Fsp3) is 0.542. The molecule has 0 spiro atoms. The van der Waals surface area contributed by atoms with E-state index in [1.807, 2.05) is 11.0 Å². The number of carbonyl (C=O) groups is 2. The number of fused-ring (bicyclic) bond motifs is 1. The Bertz CT molecular complexity index is 920. The molecule has 2 saturated heterocycles. The SMILES string of the molecule is Cc1ccccc1[C@H]1[C@H]2CN(C(=O)c3ccno3)C[C@H]2CN1C(=O)C1CCCCC1. The Morgan fingerprint density at radius 2 is 1.83 bits per heavy atom. The quantitative estimate of drug-likeness (QED) is 0.775. The van der Waals surface area contributed by atoms with Crippen molar-refractivity contribution in [1.82, 2.24) is 15.0 Å². The van der Waals surface area contributed by atoms with E-state index < -0.39 is 0 Å². The van der Waals surface area contributed by atoms with Gasteiger partial charge in [0.05, 0.1) is 12.2 Å². The number of hydrogen-bond donors (Lipinski definition) is 0. The number of likely N-dealkylation sites (tertiary alicyclic amines) is 2. The Balaban J connectivity index is 1.43. The van der Waals surface area contributed by atoms with Crippen LogP contribution in [0.25, 0.3) is 0 Å². The van der Waals surface area contributed by atoms with Crippen LogP contribution in [0.5, 0.6) is 0 Å². The smallest absolute Gasteiger partial charge is 0.292 e. The van der Waals surface area contributed by atoms with Crippen molar-refractivity contribution < 1.29 is 14.1 Å². The van der Waals surface area contributed by atoms with Crippen LogP contribution < -0.4 is 0 Å². The third-order valence-corrected chi connectivity index (χ3v) is 7.34. The van der Waals surface area contributed by atoms with Crippen molar-refractivity contribution in [2.75, 3.05) is 19.6 Å². The lowest BCUT2D eigenvalue weighted by Gasteiger charge is -2.34. The number of aromatic nitrogens is 1. The molecule has 158 valence electrons. The van der Waals surface area contributed by atoms with E-state index >= 15 is 0 Å². The molecule has 3 heterocycles. The van der Waals surface area contributed by atoms with E-state index in [-0.39, 0.29) is 29.5 Å². The molecular formula is C24H29N3O3. The lowest BCUT2D eigenvalue weighted by molar-refractivity contribution is -0.138. The minimum absolute atomic E-state index is 0.0400. The normalized spacial score (nSPS) is 26.8. The van der Waals surface area contributed by atoms with Crippen LogP contribution in [-0.4, -0.2) is 46.4 Å². The molecule has 2 aliphatic heterocycles.